The Bertz CT molecular complexity index is 770. The summed E-state index contributed by atoms with van der Waals surface area (Å²) in [5, 5.41) is 13.8. The Morgan fingerprint density at radius 2 is 2.38 bits per heavy atom. The van der Waals surface area contributed by atoms with Gasteiger partial charge in [0.1, 0.15) is 0 Å². The van der Waals surface area contributed by atoms with Gasteiger partial charge in [-0.3, -0.25) is 0 Å². The summed E-state index contributed by atoms with van der Waals surface area (Å²) in [6, 6.07) is 3.84. The number of hydrogen-bond donors (Lipinski definition) is 1. The van der Waals surface area contributed by atoms with Crippen molar-refractivity contribution < 1.29 is 9.90 Å². The molecule has 4 rings (SSSR count). The van der Waals surface area contributed by atoms with Crippen molar-refractivity contribution in [2.45, 2.75) is 26.2 Å². The molecule has 21 heavy (non-hydrogen) atoms. The number of aromatic carboxylic acids is 1. The van der Waals surface area contributed by atoms with Crippen LogP contribution < -0.4 is 0 Å². The van der Waals surface area contributed by atoms with Gasteiger partial charge in [-0.1, -0.05) is 6.92 Å². The molecule has 0 aliphatic heterocycles. The fourth-order valence-corrected chi connectivity index (χ4v) is 3.86. The zero-order valence-electron chi connectivity index (χ0n) is 11.5. The van der Waals surface area contributed by atoms with E-state index in [4.69, 9.17) is 0 Å². The number of carboxylic acids is 1. The molecule has 0 aromatic carbocycles. The number of carbonyl (C=O) groups is 1. The minimum atomic E-state index is -0.945. The molecule has 5 nitrogen and oxygen atoms in total. The first kappa shape index (κ1) is 13.2. The number of hydrogen-bond acceptors (Lipinski definition) is 3. The number of aromatic nitrogens is 3. The molecule has 0 bridgehead atoms. The van der Waals surface area contributed by atoms with Gasteiger partial charge in [0.2, 0.25) is 0 Å². The molecule has 2 aromatic rings. The zero-order valence-corrected chi connectivity index (χ0v) is 13.7. The highest BCUT2D eigenvalue weighted by molar-refractivity contribution is 14.1. The third-order valence-corrected chi connectivity index (χ3v) is 5.45. The van der Waals surface area contributed by atoms with Gasteiger partial charge in [0.05, 0.1) is 5.69 Å². The van der Waals surface area contributed by atoms with Gasteiger partial charge in [-0.05, 0) is 65.3 Å². The first-order valence-electron chi connectivity index (χ1n) is 6.94. The molecule has 0 spiro atoms. The summed E-state index contributed by atoms with van der Waals surface area (Å²) in [4.78, 5) is 15.8. The van der Waals surface area contributed by atoms with Gasteiger partial charge in [-0.15, -0.1) is 0 Å². The molecule has 1 fully saturated rings. The van der Waals surface area contributed by atoms with E-state index in [1.807, 2.05) is 12.1 Å². The predicted molar refractivity (Wildman–Crippen MR) is 84.7 cm³/mol. The fraction of sp³-hybridized carbons (Fsp3) is 0.400. The lowest BCUT2D eigenvalue weighted by atomic mass is 9.87. The van der Waals surface area contributed by atoms with Crippen molar-refractivity contribution in [2.24, 2.45) is 11.3 Å². The van der Waals surface area contributed by atoms with E-state index in [1.165, 1.54) is 6.42 Å². The normalized spacial score (nSPS) is 26.1. The maximum absolute atomic E-state index is 11.5. The average Bonchev–Trinajstić information content (AvgIpc) is 2.94. The molecule has 1 saturated carbocycles. The quantitative estimate of drug-likeness (QED) is 0.795. The van der Waals surface area contributed by atoms with Crippen LogP contribution in [0.3, 0.4) is 0 Å². The van der Waals surface area contributed by atoms with Crippen LogP contribution in [0, 0.1) is 14.9 Å². The average molecular weight is 395 g/mol. The van der Waals surface area contributed by atoms with Crippen LogP contribution in [0.4, 0.5) is 0 Å². The molecule has 2 aromatic heterocycles. The monoisotopic (exact) mass is 395 g/mol. The van der Waals surface area contributed by atoms with Crippen molar-refractivity contribution in [3.8, 4) is 5.82 Å². The van der Waals surface area contributed by atoms with Crippen LogP contribution in [-0.4, -0.2) is 25.8 Å². The number of halogens is 1. The van der Waals surface area contributed by atoms with Crippen LogP contribution in [-0.2, 0) is 12.8 Å². The number of carboxylic acid groups (broad SMARTS) is 1. The van der Waals surface area contributed by atoms with E-state index < -0.39 is 5.97 Å². The maximum atomic E-state index is 11.5. The SMILES string of the molecule is CC12Cc3c(c(C(=O)O)nn3-c3cc(I)ccn3)C[C@@H]1C2. The molecule has 0 saturated heterocycles. The smallest absolute Gasteiger partial charge is 0.356 e. The molecule has 0 radical (unpaired) electrons. The van der Waals surface area contributed by atoms with Crippen molar-refractivity contribution in [3.63, 3.8) is 0 Å². The highest BCUT2D eigenvalue weighted by atomic mass is 127. The third kappa shape index (κ3) is 1.99. The molecular weight excluding hydrogens is 381 g/mol. The minimum Gasteiger partial charge on any atom is -0.476 e. The highest BCUT2D eigenvalue weighted by Gasteiger charge is 2.54. The summed E-state index contributed by atoms with van der Waals surface area (Å²) < 4.78 is 2.80. The molecule has 2 aliphatic carbocycles. The first-order chi connectivity index (χ1) is 9.98. The molecule has 1 N–H and O–H groups in total. The Kier molecular flexibility index (Phi) is 2.70. The second-order valence-corrected chi connectivity index (χ2v) is 7.50. The lowest BCUT2D eigenvalue weighted by Crippen LogP contribution is -2.17. The lowest BCUT2D eigenvalue weighted by Gasteiger charge is -2.19. The van der Waals surface area contributed by atoms with Gasteiger partial charge in [-0.25, -0.2) is 14.5 Å². The van der Waals surface area contributed by atoms with E-state index in [2.05, 4.69) is 39.6 Å². The van der Waals surface area contributed by atoms with Crippen LogP contribution in [0.15, 0.2) is 18.3 Å². The predicted octanol–water partition coefficient (Wildman–Crippen LogP) is 2.69. The lowest BCUT2D eigenvalue weighted by molar-refractivity contribution is 0.0688. The van der Waals surface area contributed by atoms with Gasteiger partial charge in [0, 0.05) is 15.3 Å². The Balaban J connectivity index is 1.90. The van der Waals surface area contributed by atoms with Crippen LogP contribution in [0.1, 0.15) is 35.1 Å². The maximum Gasteiger partial charge on any atom is 0.356 e. The van der Waals surface area contributed by atoms with Crippen LogP contribution in [0.2, 0.25) is 0 Å². The van der Waals surface area contributed by atoms with E-state index in [1.54, 1.807) is 10.9 Å². The summed E-state index contributed by atoms with van der Waals surface area (Å²) in [5.41, 5.74) is 2.45. The van der Waals surface area contributed by atoms with Gasteiger partial charge < -0.3 is 5.11 Å². The molecular formula is C15H14IN3O2. The summed E-state index contributed by atoms with van der Waals surface area (Å²) in [5.74, 6) is 0.373. The Morgan fingerprint density at radius 3 is 3.10 bits per heavy atom. The van der Waals surface area contributed by atoms with Crippen molar-refractivity contribution in [2.75, 3.05) is 0 Å². The Labute approximate surface area is 135 Å². The van der Waals surface area contributed by atoms with E-state index in [-0.39, 0.29) is 5.69 Å². The minimum absolute atomic E-state index is 0.194. The fourth-order valence-electron chi connectivity index (χ4n) is 3.42. The summed E-state index contributed by atoms with van der Waals surface area (Å²) in [6.45, 7) is 2.28. The van der Waals surface area contributed by atoms with Crippen LogP contribution >= 0.6 is 22.6 Å². The second kappa shape index (κ2) is 4.28. The van der Waals surface area contributed by atoms with Crippen LogP contribution in [0.5, 0.6) is 0 Å². The summed E-state index contributed by atoms with van der Waals surface area (Å²) >= 11 is 2.23. The summed E-state index contributed by atoms with van der Waals surface area (Å²) in [7, 11) is 0. The molecule has 0 amide bonds. The zero-order chi connectivity index (χ0) is 14.8. The molecule has 2 atom stereocenters. The standard InChI is InChI=1S/C15H14IN3O2/c1-15-6-8(15)4-10-11(7-15)19(18-13(10)14(20)21)12-5-9(16)2-3-17-12/h2-3,5,8H,4,6-7H2,1H3,(H,20,21)/t8-,15?/m1/s1. The van der Waals surface area contributed by atoms with E-state index in [0.29, 0.717) is 17.2 Å². The van der Waals surface area contributed by atoms with Gasteiger partial charge >= 0.3 is 5.97 Å². The molecule has 108 valence electrons. The van der Waals surface area contributed by atoms with Gasteiger partial charge in [0.15, 0.2) is 11.5 Å². The molecule has 6 heteroatoms. The van der Waals surface area contributed by atoms with Crippen molar-refractivity contribution in [1.82, 2.24) is 14.8 Å². The number of rotatable bonds is 2. The van der Waals surface area contributed by atoms with E-state index in [9.17, 15) is 9.90 Å². The number of nitrogens with zero attached hydrogens (tertiary/aromatic N) is 3. The summed E-state index contributed by atoms with van der Waals surface area (Å²) in [6.07, 6.45) is 4.63. The Morgan fingerprint density at radius 1 is 1.57 bits per heavy atom. The molecule has 2 aliphatic rings. The van der Waals surface area contributed by atoms with Crippen molar-refractivity contribution in [1.29, 1.82) is 0 Å². The van der Waals surface area contributed by atoms with Crippen molar-refractivity contribution in [3.05, 3.63) is 38.9 Å². The van der Waals surface area contributed by atoms with E-state index in [0.717, 1.165) is 27.7 Å². The number of fused-ring (bicyclic) bond motifs is 2. The Hall–Kier alpha value is -1.44. The molecule has 1 unspecified atom stereocenters. The second-order valence-electron chi connectivity index (χ2n) is 6.26. The first-order valence-corrected chi connectivity index (χ1v) is 8.02. The van der Waals surface area contributed by atoms with E-state index >= 15 is 0 Å². The highest BCUT2D eigenvalue weighted by Crippen LogP contribution is 2.59. The third-order valence-electron chi connectivity index (χ3n) is 4.78. The van der Waals surface area contributed by atoms with Crippen LogP contribution in [0.25, 0.3) is 5.82 Å². The van der Waals surface area contributed by atoms with Gasteiger partial charge in [0.25, 0.3) is 0 Å². The number of pyridine rings is 1. The molecule has 2 heterocycles. The van der Waals surface area contributed by atoms with Crippen molar-refractivity contribution >= 4 is 28.6 Å². The largest absolute Gasteiger partial charge is 0.476 e. The topological polar surface area (TPSA) is 68.0 Å². The van der Waals surface area contributed by atoms with Gasteiger partial charge in [-0.2, -0.15) is 5.10 Å².